The normalized spacial score (nSPS) is 10.4. The first-order valence-electron chi connectivity index (χ1n) is 4.36. The predicted octanol–water partition coefficient (Wildman–Crippen LogP) is 2.38. The third-order valence-corrected chi connectivity index (χ3v) is 1.84. The average molecular weight is 190 g/mol. The first-order chi connectivity index (χ1) is 6.90. The van der Waals surface area contributed by atoms with Gasteiger partial charge in [-0.3, -0.25) is 0 Å². The topological polar surface area (TPSA) is 22.1 Å². The molecule has 14 heavy (non-hydrogen) atoms. The molecular formula is C11H9FNO. The van der Waals surface area contributed by atoms with E-state index in [0.717, 1.165) is 10.8 Å². The van der Waals surface area contributed by atoms with Crippen molar-refractivity contribution < 1.29 is 9.13 Å². The van der Waals surface area contributed by atoms with E-state index >= 15 is 0 Å². The number of benzene rings is 1. The number of hydrogen-bond acceptors (Lipinski definition) is 2. The lowest BCUT2D eigenvalue weighted by molar-refractivity contribution is 0.264. The van der Waals surface area contributed by atoms with Crippen molar-refractivity contribution in [2.45, 2.75) is 0 Å². The summed E-state index contributed by atoms with van der Waals surface area (Å²) in [6.45, 7) is -0.482. The Kier molecular flexibility index (Phi) is 2.58. The minimum absolute atomic E-state index is 0.0296. The standard InChI is InChI=1S/C11H9FNO/c12-5-6-14-11-7-9-3-1-2-4-10(9)8-13-11/h1-4,8H,5-6H2. The SMILES string of the molecule is FCCOc1[c]c2ccccc2cn1. The molecule has 1 radical (unpaired) electrons. The average Bonchev–Trinajstić information content (AvgIpc) is 2.26. The van der Waals surface area contributed by atoms with Crippen molar-refractivity contribution in [3.8, 4) is 5.88 Å². The highest BCUT2D eigenvalue weighted by molar-refractivity contribution is 5.81. The number of ether oxygens (including phenoxy) is 1. The minimum atomic E-state index is -0.512. The second-order valence-corrected chi connectivity index (χ2v) is 2.81. The molecule has 2 nitrogen and oxygen atoms in total. The highest BCUT2D eigenvalue weighted by Gasteiger charge is 1.98. The summed E-state index contributed by atoms with van der Waals surface area (Å²) in [5.74, 6) is 0.348. The summed E-state index contributed by atoms with van der Waals surface area (Å²) < 4.78 is 16.8. The van der Waals surface area contributed by atoms with Crippen LogP contribution in [0.3, 0.4) is 0 Å². The Balaban J connectivity index is 2.32. The molecule has 0 saturated heterocycles. The van der Waals surface area contributed by atoms with Crippen molar-refractivity contribution in [1.82, 2.24) is 4.98 Å². The number of pyridine rings is 1. The summed E-state index contributed by atoms with van der Waals surface area (Å²) >= 11 is 0. The third-order valence-electron chi connectivity index (χ3n) is 1.84. The zero-order valence-corrected chi connectivity index (χ0v) is 7.53. The Bertz CT molecular complexity index is 430. The molecule has 0 unspecified atom stereocenters. The Morgan fingerprint density at radius 3 is 3.07 bits per heavy atom. The van der Waals surface area contributed by atoms with Crippen LogP contribution in [0.5, 0.6) is 5.88 Å². The Hall–Kier alpha value is -1.64. The first-order valence-corrected chi connectivity index (χ1v) is 4.36. The molecule has 0 aliphatic rings. The van der Waals surface area contributed by atoms with E-state index in [4.69, 9.17) is 4.74 Å². The molecule has 1 heterocycles. The quantitative estimate of drug-likeness (QED) is 0.741. The summed E-state index contributed by atoms with van der Waals surface area (Å²) in [6, 6.07) is 10.7. The monoisotopic (exact) mass is 190 g/mol. The van der Waals surface area contributed by atoms with E-state index in [0.29, 0.717) is 5.88 Å². The first kappa shape index (κ1) is 8.94. The van der Waals surface area contributed by atoms with Crippen LogP contribution in [-0.4, -0.2) is 18.3 Å². The minimum Gasteiger partial charge on any atom is -0.474 e. The van der Waals surface area contributed by atoms with Crippen LogP contribution < -0.4 is 4.74 Å². The number of alkyl halides is 1. The van der Waals surface area contributed by atoms with Gasteiger partial charge in [0.1, 0.15) is 13.3 Å². The molecule has 0 fully saturated rings. The molecule has 0 amide bonds. The molecule has 0 bridgehead atoms. The van der Waals surface area contributed by atoms with Gasteiger partial charge in [-0.1, -0.05) is 24.3 Å². The van der Waals surface area contributed by atoms with Crippen LogP contribution in [0.1, 0.15) is 0 Å². The molecule has 0 aliphatic carbocycles. The van der Waals surface area contributed by atoms with Crippen LogP contribution in [0.25, 0.3) is 10.8 Å². The molecule has 71 valence electrons. The molecule has 1 aromatic carbocycles. The van der Waals surface area contributed by atoms with Crippen LogP contribution in [0.15, 0.2) is 30.5 Å². The number of fused-ring (bicyclic) bond motifs is 1. The molecule has 2 aromatic rings. The molecular weight excluding hydrogens is 181 g/mol. The molecule has 3 heteroatoms. The van der Waals surface area contributed by atoms with Gasteiger partial charge in [-0.15, -0.1) is 0 Å². The van der Waals surface area contributed by atoms with Crippen molar-refractivity contribution >= 4 is 10.8 Å². The lowest BCUT2D eigenvalue weighted by atomic mass is 10.2. The van der Waals surface area contributed by atoms with Crippen molar-refractivity contribution in [1.29, 1.82) is 0 Å². The Morgan fingerprint density at radius 2 is 2.21 bits per heavy atom. The number of nitrogens with zero attached hydrogens (tertiary/aromatic N) is 1. The summed E-state index contributed by atoms with van der Waals surface area (Å²) in [7, 11) is 0. The zero-order chi connectivity index (χ0) is 9.80. The lowest BCUT2D eigenvalue weighted by Gasteiger charge is -2.02. The second-order valence-electron chi connectivity index (χ2n) is 2.81. The predicted molar refractivity (Wildman–Crippen MR) is 52.0 cm³/mol. The van der Waals surface area contributed by atoms with Crippen LogP contribution in [0.2, 0.25) is 0 Å². The highest BCUT2D eigenvalue weighted by Crippen LogP contribution is 2.16. The van der Waals surface area contributed by atoms with Crippen LogP contribution in [-0.2, 0) is 0 Å². The van der Waals surface area contributed by atoms with Gasteiger partial charge in [-0.2, -0.15) is 0 Å². The fraction of sp³-hybridized carbons (Fsp3) is 0.182. The van der Waals surface area contributed by atoms with Crippen molar-refractivity contribution in [2.75, 3.05) is 13.3 Å². The van der Waals surface area contributed by atoms with Gasteiger partial charge < -0.3 is 4.74 Å². The van der Waals surface area contributed by atoms with Crippen molar-refractivity contribution in [2.24, 2.45) is 0 Å². The fourth-order valence-corrected chi connectivity index (χ4v) is 1.21. The summed E-state index contributed by atoms with van der Waals surface area (Å²) in [6.07, 6.45) is 1.69. The number of rotatable bonds is 3. The lowest BCUT2D eigenvalue weighted by Crippen LogP contribution is -2.00. The third kappa shape index (κ3) is 1.82. The molecule has 0 aliphatic heterocycles. The van der Waals surface area contributed by atoms with Crippen LogP contribution in [0, 0.1) is 6.07 Å². The van der Waals surface area contributed by atoms with Gasteiger partial charge in [0, 0.05) is 11.6 Å². The van der Waals surface area contributed by atoms with Crippen molar-refractivity contribution in [3.63, 3.8) is 0 Å². The fourth-order valence-electron chi connectivity index (χ4n) is 1.21. The van der Waals surface area contributed by atoms with Gasteiger partial charge in [0.2, 0.25) is 5.88 Å². The van der Waals surface area contributed by atoms with Gasteiger partial charge in [0.25, 0.3) is 0 Å². The largest absolute Gasteiger partial charge is 0.474 e. The molecule has 1 aromatic heterocycles. The Labute approximate surface area is 81.3 Å². The van der Waals surface area contributed by atoms with Crippen LogP contribution in [0.4, 0.5) is 4.39 Å². The van der Waals surface area contributed by atoms with Gasteiger partial charge in [-0.25, -0.2) is 9.37 Å². The van der Waals surface area contributed by atoms with E-state index in [9.17, 15) is 4.39 Å². The molecule has 0 atom stereocenters. The maximum Gasteiger partial charge on any atom is 0.222 e. The molecule has 0 spiro atoms. The maximum absolute atomic E-state index is 11.8. The van der Waals surface area contributed by atoms with Gasteiger partial charge in [0.15, 0.2) is 0 Å². The second kappa shape index (κ2) is 4.05. The molecule has 0 N–H and O–H groups in total. The maximum atomic E-state index is 11.8. The van der Waals surface area contributed by atoms with E-state index in [2.05, 4.69) is 11.1 Å². The van der Waals surface area contributed by atoms with E-state index in [1.54, 1.807) is 6.20 Å². The molecule has 0 saturated carbocycles. The van der Waals surface area contributed by atoms with E-state index in [1.807, 2.05) is 24.3 Å². The number of halogens is 1. The zero-order valence-electron chi connectivity index (χ0n) is 7.53. The smallest absolute Gasteiger partial charge is 0.222 e. The summed E-state index contributed by atoms with van der Waals surface area (Å²) in [5.41, 5.74) is 0. The highest BCUT2D eigenvalue weighted by atomic mass is 19.1. The van der Waals surface area contributed by atoms with Gasteiger partial charge in [0.05, 0.1) is 6.07 Å². The summed E-state index contributed by atoms with van der Waals surface area (Å²) in [4.78, 5) is 4.00. The van der Waals surface area contributed by atoms with Crippen LogP contribution >= 0.6 is 0 Å². The van der Waals surface area contributed by atoms with E-state index < -0.39 is 6.67 Å². The number of hydrogen-bond donors (Lipinski definition) is 0. The Morgan fingerprint density at radius 1 is 1.36 bits per heavy atom. The van der Waals surface area contributed by atoms with E-state index in [-0.39, 0.29) is 6.61 Å². The van der Waals surface area contributed by atoms with E-state index in [1.165, 1.54) is 0 Å². The number of aromatic nitrogens is 1. The summed E-state index contributed by atoms with van der Waals surface area (Å²) in [5, 5.41) is 1.93. The van der Waals surface area contributed by atoms with Gasteiger partial charge in [-0.05, 0) is 5.39 Å². The van der Waals surface area contributed by atoms with Crippen molar-refractivity contribution in [3.05, 3.63) is 36.5 Å². The van der Waals surface area contributed by atoms with Gasteiger partial charge >= 0.3 is 0 Å². The molecule has 2 rings (SSSR count).